The number of halogens is 2. The average molecular weight is 505 g/mol. The Morgan fingerprint density at radius 1 is 1.07 bits per heavy atom. The Kier molecular flexibility index (Phi) is 12.0. The molecule has 0 radical (unpaired) electrons. The van der Waals surface area contributed by atoms with Crippen LogP contribution in [0.3, 0.4) is 0 Å². The van der Waals surface area contributed by atoms with Gasteiger partial charge in [-0.05, 0) is 74.9 Å². The van der Waals surface area contributed by atoms with Crippen LogP contribution < -0.4 is 24.8 Å². The van der Waals surface area contributed by atoms with E-state index in [1.54, 1.807) is 5.57 Å². The SMILES string of the molecule is CC(CCCO[Si](C)(C)C)(C1=CC=CC1)C1CCC2C=CC=CC21.[Cl-].[Cl-].[Zr+2]. The predicted molar refractivity (Wildman–Crippen MR) is 106 cm³/mol. The molecule has 0 aromatic rings. The van der Waals surface area contributed by atoms with Crippen molar-refractivity contribution in [3.8, 4) is 0 Å². The summed E-state index contributed by atoms with van der Waals surface area (Å²) in [6, 6.07) is 0. The summed E-state index contributed by atoms with van der Waals surface area (Å²) in [6.07, 6.45) is 22.8. The maximum absolute atomic E-state index is 6.14. The van der Waals surface area contributed by atoms with Crippen molar-refractivity contribution >= 4 is 8.32 Å². The van der Waals surface area contributed by atoms with Crippen LogP contribution in [0.2, 0.25) is 19.6 Å². The quantitative estimate of drug-likeness (QED) is 0.358. The fraction of sp³-hybridized carbons (Fsp3) is 0.636. The van der Waals surface area contributed by atoms with Crippen molar-refractivity contribution < 1.29 is 55.4 Å². The second-order valence-corrected chi connectivity index (χ2v) is 13.5. The summed E-state index contributed by atoms with van der Waals surface area (Å²) in [6.45, 7) is 10.3. The monoisotopic (exact) mass is 502 g/mol. The molecule has 0 aromatic carbocycles. The van der Waals surface area contributed by atoms with Crippen LogP contribution in [0.1, 0.15) is 39.0 Å². The van der Waals surface area contributed by atoms with Crippen molar-refractivity contribution in [1.29, 1.82) is 0 Å². The molecular weight excluding hydrogens is 470 g/mol. The van der Waals surface area contributed by atoms with Gasteiger partial charge in [-0.3, -0.25) is 0 Å². The van der Waals surface area contributed by atoms with Crippen LogP contribution in [-0.4, -0.2) is 14.9 Å². The molecule has 3 rings (SSSR count). The molecule has 0 heterocycles. The number of fused-ring (bicyclic) bond motifs is 1. The minimum atomic E-state index is -1.39. The molecule has 1 nitrogen and oxygen atoms in total. The van der Waals surface area contributed by atoms with Gasteiger partial charge in [-0.25, -0.2) is 0 Å². The van der Waals surface area contributed by atoms with Crippen molar-refractivity contribution in [2.45, 2.75) is 58.7 Å². The topological polar surface area (TPSA) is 9.23 Å². The first kappa shape index (κ1) is 27.6. The zero-order valence-corrected chi connectivity index (χ0v) is 22.2. The van der Waals surface area contributed by atoms with Gasteiger partial charge in [0.05, 0.1) is 0 Å². The summed E-state index contributed by atoms with van der Waals surface area (Å²) >= 11 is 0. The molecule has 0 bridgehead atoms. The Hall–Kier alpha value is 0.600. The minimum Gasteiger partial charge on any atom is -1.00 e. The number of hydrogen-bond acceptors (Lipinski definition) is 1. The van der Waals surface area contributed by atoms with Gasteiger partial charge in [-0.2, -0.15) is 0 Å². The molecule has 150 valence electrons. The molecule has 1 fully saturated rings. The first-order valence-electron chi connectivity index (χ1n) is 9.75. The van der Waals surface area contributed by atoms with Gasteiger partial charge < -0.3 is 29.2 Å². The summed E-state index contributed by atoms with van der Waals surface area (Å²) in [5, 5.41) is 0. The van der Waals surface area contributed by atoms with Gasteiger partial charge in [0.25, 0.3) is 0 Å². The second kappa shape index (κ2) is 11.7. The summed E-state index contributed by atoms with van der Waals surface area (Å²) < 4.78 is 6.14. The molecule has 3 aliphatic rings. The number of rotatable bonds is 7. The Morgan fingerprint density at radius 2 is 1.78 bits per heavy atom. The van der Waals surface area contributed by atoms with E-state index in [1.165, 1.54) is 25.7 Å². The first-order chi connectivity index (χ1) is 11.4. The third-order valence-corrected chi connectivity index (χ3v) is 7.34. The van der Waals surface area contributed by atoms with Gasteiger partial charge >= 0.3 is 26.2 Å². The van der Waals surface area contributed by atoms with Crippen molar-refractivity contribution in [2.75, 3.05) is 6.61 Å². The van der Waals surface area contributed by atoms with Crippen molar-refractivity contribution in [3.63, 3.8) is 0 Å². The number of allylic oxidation sites excluding steroid dienone is 8. The van der Waals surface area contributed by atoms with E-state index in [0.29, 0.717) is 5.41 Å². The van der Waals surface area contributed by atoms with Crippen LogP contribution in [0, 0.1) is 23.2 Å². The van der Waals surface area contributed by atoms with E-state index in [-0.39, 0.29) is 51.0 Å². The molecule has 1 saturated carbocycles. The van der Waals surface area contributed by atoms with Crippen molar-refractivity contribution in [2.24, 2.45) is 23.2 Å². The van der Waals surface area contributed by atoms with E-state index < -0.39 is 8.32 Å². The molecule has 4 unspecified atom stereocenters. The van der Waals surface area contributed by atoms with Crippen LogP contribution in [0.5, 0.6) is 0 Å². The smallest absolute Gasteiger partial charge is 1.00 e. The van der Waals surface area contributed by atoms with Crippen LogP contribution in [0.15, 0.2) is 48.1 Å². The fourth-order valence-electron chi connectivity index (χ4n) is 4.97. The summed E-state index contributed by atoms with van der Waals surface area (Å²) in [7, 11) is -1.39. The fourth-order valence-corrected chi connectivity index (χ4v) is 5.73. The summed E-state index contributed by atoms with van der Waals surface area (Å²) in [5.41, 5.74) is 1.98. The summed E-state index contributed by atoms with van der Waals surface area (Å²) in [4.78, 5) is 0. The second-order valence-electron chi connectivity index (χ2n) is 9.00. The van der Waals surface area contributed by atoms with Gasteiger partial charge in [0.2, 0.25) is 0 Å². The van der Waals surface area contributed by atoms with Crippen LogP contribution in [-0.2, 0) is 30.6 Å². The molecular formula is C22H34Cl2OSiZr. The van der Waals surface area contributed by atoms with Gasteiger partial charge in [0, 0.05) is 6.61 Å². The van der Waals surface area contributed by atoms with Gasteiger partial charge in [-0.1, -0.05) is 55.0 Å². The van der Waals surface area contributed by atoms with E-state index >= 15 is 0 Å². The molecule has 0 spiro atoms. The molecule has 0 amide bonds. The number of hydrogen-bond donors (Lipinski definition) is 0. The first-order valence-corrected chi connectivity index (χ1v) is 13.2. The molecule has 4 atom stereocenters. The zero-order valence-electron chi connectivity index (χ0n) is 17.2. The van der Waals surface area contributed by atoms with Crippen LogP contribution in [0.25, 0.3) is 0 Å². The Morgan fingerprint density at radius 3 is 2.41 bits per heavy atom. The van der Waals surface area contributed by atoms with E-state index in [0.717, 1.165) is 30.8 Å². The zero-order chi connectivity index (χ0) is 17.2. The largest absolute Gasteiger partial charge is 2.00 e. The molecule has 5 heteroatoms. The van der Waals surface area contributed by atoms with E-state index in [9.17, 15) is 0 Å². The molecule has 0 N–H and O–H groups in total. The van der Waals surface area contributed by atoms with Gasteiger partial charge in [-0.15, -0.1) is 0 Å². The van der Waals surface area contributed by atoms with E-state index in [4.69, 9.17) is 4.43 Å². The third-order valence-electron chi connectivity index (χ3n) is 6.27. The Balaban J connectivity index is 0.00000225. The maximum atomic E-state index is 6.14. The van der Waals surface area contributed by atoms with Crippen LogP contribution in [0.4, 0.5) is 0 Å². The van der Waals surface area contributed by atoms with E-state index in [2.05, 4.69) is 69.1 Å². The van der Waals surface area contributed by atoms with Crippen molar-refractivity contribution in [1.82, 2.24) is 0 Å². The normalized spacial score (nSPS) is 27.7. The Bertz CT molecular complexity index is 579. The molecule has 0 aromatic heterocycles. The molecule has 0 aliphatic heterocycles. The minimum absolute atomic E-state index is 0. The van der Waals surface area contributed by atoms with Crippen molar-refractivity contribution in [3.05, 3.63) is 48.1 Å². The molecule has 27 heavy (non-hydrogen) atoms. The van der Waals surface area contributed by atoms with Crippen LogP contribution >= 0.6 is 0 Å². The predicted octanol–water partition coefficient (Wildman–Crippen LogP) is 0.285. The molecule has 0 saturated heterocycles. The standard InChI is InChI=1S/C22H34OSi.2ClH.Zr/c1-22(19-11-6-7-12-19,16-9-17-23-24(2,3)4)21-15-14-18-10-5-8-13-20(18)21;;;/h5-8,10-11,13,18,20-21H,9,12,14-17H2,1-4H3;2*1H;/q;;;+2/p-2. The Labute approximate surface area is 199 Å². The third kappa shape index (κ3) is 6.82. The van der Waals surface area contributed by atoms with Gasteiger partial charge in [0.1, 0.15) is 0 Å². The average Bonchev–Trinajstić information content (AvgIpc) is 3.20. The van der Waals surface area contributed by atoms with E-state index in [1.807, 2.05) is 0 Å². The molecule has 3 aliphatic carbocycles. The maximum Gasteiger partial charge on any atom is 2.00 e. The van der Waals surface area contributed by atoms with Gasteiger partial charge in [0.15, 0.2) is 8.32 Å². The summed E-state index contributed by atoms with van der Waals surface area (Å²) in [5.74, 6) is 2.29.